The van der Waals surface area contributed by atoms with Gasteiger partial charge >= 0.3 is 0 Å². The van der Waals surface area contributed by atoms with Crippen molar-refractivity contribution in [2.45, 2.75) is 32.2 Å². The van der Waals surface area contributed by atoms with Crippen LogP contribution in [0.1, 0.15) is 26.2 Å². The lowest BCUT2D eigenvalue weighted by molar-refractivity contribution is 0.367. The second-order valence-corrected chi connectivity index (χ2v) is 3.29. The Morgan fingerprint density at radius 2 is 2.50 bits per heavy atom. The lowest BCUT2D eigenvalue weighted by Gasteiger charge is -2.31. The number of rotatable bonds is 1. The van der Waals surface area contributed by atoms with Crippen molar-refractivity contribution in [3.05, 3.63) is 6.20 Å². The first-order chi connectivity index (χ1) is 5.88. The maximum atomic E-state index is 5.01. The first-order valence-corrected chi connectivity index (χ1v) is 4.42. The Bertz CT molecular complexity index is 234. The Hall–Kier alpha value is -1.06. The zero-order valence-electron chi connectivity index (χ0n) is 7.23. The van der Waals surface area contributed by atoms with E-state index in [4.69, 9.17) is 4.52 Å². The fourth-order valence-corrected chi connectivity index (χ4v) is 1.71. The molecule has 0 aliphatic carbocycles. The average molecular weight is 167 g/mol. The molecule has 1 aliphatic heterocycles. The predicted octanol–water partition coefficient (Wildman–Crippen LogP) is 1.45. The molecule has 0 spiro atoms. The number of piperidine rings is 1. The molecule has 1 aliphatic rings. The van der Waals surface area contributed by atoms with E-state index in [1.165, 1.54) is 19.3 Å². The second kappa shape index (κ2) is 3.13. The Labute approximate surface area is 71.5 Å². The minimum atomic E-state index is 0.563. The lowest BCUT2D eigenvalue weighted by Crippen LogP contribution is -2.37. The van der Waals surface area contributed by atoms with Gasteiger partial charge in [-0.3, -0.25) is 0 Å². The van der Waals surface area contributed by atoms with Gasteiger partial charge in [-0.1, -0.05) is 0 Å². The molecule has 66 valence electrons. The Kier molecular flexibility index (Phi) is 1.98. The van der Waals surface area contributed by atoms with Crippen LogP contribution in [0.3, 0.4) is 0 Å². The first-order valence-electron chi connectivity index (χ1n) is 4.42. The van der Waals surface area contributed by atoms with Crippen LogP contribution in [0, 0.1) is 0 Å². The minimum Gasteiger partial charge on any atom is -0.337 e. The first kappa shape index (κ1) is 7.58. The number of hydrogen-bond donors (Lipinski definition) is 0. The molecule has 0 saturated carbocycles. The van der Waals surface area contributed by atoms with Gasteiger partial charge in [-0.2, -0.15) is 0 Å². The van der Waals surface area contributed by atoms with Crippen LogP contribution in [0.5, 0.6) is 0 Å². The van der Waals surface area contributed by atoms with Gasteiger partial charge < -0.3 is 9.42 Å². The summed E-state index contributed by atoms with van der Waals surface area (Å²) in [5.74, 6) is 0.808. The summed E-state index contributed by atoms with van der Waals surface area (Å²) in [6, 6.07) is 0.563. The summed E-state index contributed by atoms with van der Waals surface area (Å²) < 4.78 is 5.01. The molecule has 1 unspecified atom stereocenters. The molecule has 2 rings (SSSR count). The average Bonchev–Trinajstić information content (AvgIpc) is 2.57. The van der Waals surface area contributed by atoms with E-state index in [9.17, 15) is 0 Å². The quantitative estimate of drug-likeness (QED) is 0.634. The van der Waals surface area contributed by atoms with Gasteiger partial charge in [0.25, 0.3) is 0 Å². The van der Waals surface area contributed by atoms with Crippen molar-refractivity contribution >= 4 is 5.88 Å². The van der Waals surface area contributed by atoms with Crippen molar-refractivity contribution in [1.29, 1.82) is 0 Å². The van der Waals surface area contributed by atoms with Gasteiger partial charge in [-0.25, -0.2) is 0 Å². The Morgan fingerprint density at radius 1 is 1.58 bits per heavy atom. The molecule has 1 fully saturated rings. The SMILES string of the molecule is CC1CCCCN1c1cnno1. The molecule has 2 heterocycles. The predicted molar refractivity (Wildman–Crippen MR) is 45.0 cm³/mol. The minimum absolute atomic E-state index is 0.563. The highest BCUT2D eigenvalue weighted by Gasteiger charge is 2.20. The normalized spacial score (nSPS) is 24.4. The zero-order chi connectivity index (χ0) is 8.39. The zero-order valence-corrected chi connectivity index (χ0v) is 7.23. The Balaban J connectivity index is 2.11. The van der Waals surface area contributed by atoms with Gasteiger partial charge in [0.2, 0.25) is 5.88 Å². The van der Waals surface area contributed by atoms with Crippen LogP contribution in [0.4, 0.5) is 5.88 Å². The van der Waals surface area contributed by atoms with Crippen LogP contribution < -0.4 is 4.90 Å². The highest BCUT2D eigenvalue weighted by atomic mass is 16.5. The molecule has 1 atom stereocenters. The number of hydrogen-bond acceptors (Lipinski definition) is 4. The van der Waals surface area contributed by atoms with E-state index >= 15 is 0 Å². The van der Waals surface area contributed by atoms with Crippen LogP contribution in [-0.4, -0.2) is 23.0 Å². The Morgan fingerprint density at radius 3 is 3.17 bits per heavy atom. The van der Waals surface area contributed by atoms with Crippen LogP contribution in [-0.2, 0) is 0 Å². The molecular weight excluding hydrogens is 154 g/mol. The van der Waals surface area contributed by atoms with Crippen molar-refractivity contribution < 1.29 is 4.52 Å². The fourth-order valence-electron chi connectivity index (χ4n) is 1.71. The van der Waals surface area contributed by atoms with Crippen LogP contribution in [0.2, 0.25) is 0 Å². The third-order valence-corrected chi connectivity index (χ3v) is 2.44. The lowest BCUT2D eigenvalue weighted by atomic mass is 10.0. The van der Waals surface area contributed by atoms with E-state index in [-0.39, 0.29) is 0 Å². The molecule has 0 bridgehead atoms. The molecule has 1 aromatic heterocycles. The summed E-state index contributed by atoms with van der Waals surface area (Å²) in [4.78, 5) is 2.23. The molecule has 0 N–H and O–H groups in total. The van der Waals surface area contributed by atoms with Gasteiger partial charge in [0, 0.05) is 17.9 Å². The maximum Gasteiger partial charge on any atom is 0.248 e. The van der Waals surface area contributed by atoms with Gasteiger partial charge in [0.15, 0.2) is 0 Å². The number of nitrogens with zero attached hydrogens (tertiary/aromatic N) is 3. The number of anilines is 1. The molecular formula is C8H13N3O. The molecule has 1 saturated heterocycles. The molecule has 0 radical (unpaired) electrons. The second-order valence-electron chi connectivity index (χ2n) is 3.29. The van der Waals surface area contributed by atoms with E-state index in [2.05, 4.69) is 22.2 Å². The van der Waals surface area contributed by atoms with Crippen LogP contribution in [0.15, 0.2) is 10.7 Å². The van der Waals surface area contributed by atoms with Gasteiger partial charge in [-0.15, -0.1) is 5.10 Å². The standard InChI is InChI=1S/C8H13N3O/c1-7-4-2-3-5-11(7)8-6-9-10-12-8/h6-7H,2-5H2,1H3. The highest BCUT2D eigenvalue weighted by molar-refractivity contribution is 5.32. The van der Waals surface area contributed by atoms with Gasteiger partial charge in [0.1, 0.15) is 6.20 Å². The summed E-state index contributed by atoms with van der Waals surface area (Å²) in [7, 11) is 0. The van der Waals surface area contributed by atoms with E-state index in [1.807, 2.05) is 0 Å². The van der Waals surface area contributed by atoms with Crippen LogP contribution in [0.25, 0.3) is 0 Å². The van der Waals surface area contributed by atoms with Gasteiger partial charge in [-0.05, 0) is 26.2 Å². The van der Waals surface area contributed by atoms with Crippen molar-refractivity contribution in [2.24, 2.45) is 0 Å². The smallest absolute Gasteiger partial charge is 0.248 e. The maximum absolute atomic E-state index is 5.01. The molecule has 0 aromatic carbocycles. The van der Waals surface area contributed by atoms with Crippen LogP contribution >= 0.6 is 0 Å². The summed E-state index contributed by atoms with van der Waals surface area (Å²) in [5.41, 5.74) is 0. The third kappa shape index (κ3) is 1.29. The van der Waals surface area contributed by atoms with E-state index < -0.39 is 0 Å². The van der Waals surface area contributed by atoms with Crippen molar-refractivity contribution in [1.82, 2.24) is 10.4 Å². The van der Waals surface area contributed by atoms with E-state index in [0.29, 0.717) is 6.04 Å². The molecule has 4 nitrogen and oxygen atoms in total. The van der Waals surface area contributed by atoms with Crippen molar-refractivity contribution in [2.75, 3.05) is 11.4 Å². The third-order valence-electron chi connectivity index (χ3n) is 2.44. The topological polar surface area (TPSA) is 42.2 Å². The molecule has 0 amide bonds. The molecule has 12 heavy (non-hydrogen) atoms. The molecule has 1 aromatic rings. The van der Waals surface area contributed by atoms with Crippen molar-refractivity contribution in [3.8, 4) is 0 Å². The van der Waals surface area contributed by atoms with Gasteiger partial charge in [0.05, 0.1) is 0 Å². The largest absolute Gasteiger partial charge is 0.337 e. The monoisotopic (exact) mass is 167 g/mol. The summed E-state index contributed by atoms with van der Waals surface area (Å²) >= 11 is 0. The summed E-state index contributed by atoms with van der Waals surface area (Å²) in [5, 5.41) is 7.14. The van der Waals surface area contributed by atoms with E-state index in [0.717, 1.165) is 12.4 Å². The summed E-state index contributed by atoms with van der Waals surface area (Å²) in [6.45, 7) is 3.28. The van der Waals surface area contributed by atoms with E-state index in [1.54, 1.807) is 6.20 Å². The fraction of sp³-hybridized carbons (Fsp3) is 0.750. The molecule has 4 heteroatoms. The highest BCUT2D eigenvalue weighted by Crippen LogP contribution is 2.22. The summed E-state index contributed by atoms with van der Waals surface area (Å²) in [6.07, 6.45) is 5.48. The number of aromatic nitrogens is 2. The van der Waals surface area contributed by atoms with Crippen molar-refractivity contribution in [3.63, 3.8) is 0 Å².